The van der Waals surface area contributed by atoms with E-state index in [2.05, 4.69) is 15.3 Å². The fourth-order valence-electron chi connectivity index (χ4n) is 1.35. The molecule has 0 aliphatic heterocycles. The lowest BCUT2D eigenvalue weighted by Crippen LogP contribution is -2.12. The van der Waals surface area contributed by atoms with E-state index in [4.69, 9.17) is 4.74 Å². The van der Waals surface area contributed by atoms with Gasteiger partial charge in [0.2, 0.25) is 5.95 Å². The summed E-state index contributed by atoms with van der Waals surface area (Å²) in [4.78, 5) is 7.16. The standard InChI is InChI=1S/C12H18F3N3O/c1-9(2)19-8-4-3-6-16-11-17-7-5-10(18-11)12(13,14)15/h5,7,9H,3-4,6,8H2,1-2H3,(H,16,17,18). The summed E-state index contributed by atoms with van der Waals surface area (Å²) in [6, 6.07) is 0.849. The lowest BCUT2D eigenvalue weighted by atomic mass is 10.3. The third kappa shape index (κ3) is 6.37. The average Bonchev–Trinajstić information content (AvgIpc) is 2.32. The molecule has 1 rings (SSSR count). The summed E-state index contributed by atoms with van der Waals surface area (Å²) in [5, 5.41) is 2.77. The van der Waals surface area contributed by atoms with Crippen molar-refractivity contribution in [2.24, 2.45) is 0 Å². The second-order valence-electron chi connectivity index (χ2n) is 4.32. The van der Waals surface area contributed by atoms with Crippen LogP contribution in [0, 0.1) is 0 Å². The molecule has 1 N–H and O–H groups in total. The van der Waals surface area contributed by atoms with E-state index in [1.165, 1.54) is 0 Å². The summed E-state index contributed by atoms with van der Waals surface area (Å²) in [7, 11) is 0. The van der Waals surface area contributed by atoms with Gasteiger partial charge in [0.25, 0.3) is 0 Å². The normalized spacial score (nSPS) is 11.9. The Bertz CT molecular complexity index is 383. The van der Waals surface area contributed by atoms with Gasteiger partial charge in [-0.2, -0.15) is 13.2 Å². The maximum absolute atomic E-state index is 12.4. The predicted octanol–water partition coefficient (Wildman–Crippen LogP) is 3.11. The first-order valence-electron chi connectivity index (χ1n) is 6.15. The summed E-state index contributed by atoms with van der Waals surface area (Å²) in [6.07, 6.45) is -1.53. The summed E-state index contributed by atoms with van der Waals surface area (Å²) >= 11 is 0. The molecule has 0 aromatic carbocycles. The Hall–Kier alpha value is -1.37. The number of halogens is 3. The first-order valence-corrected chi connectivity index (χ1v) is 6.15. The molecule has 0 fully saturated rings. The van der Waals surface area contributed by atoms with Gasteiger partial charge < -0.3 is 10.1 Å². The number of rotatable bonds is 7. The van der Waals surface area contributed by atoms with Gasteiger partial charge in [-0.25, -0.2) is 9.97 Å². The van der Waals surface area contributed by atoms with Crippen molar-refractivity contribution in [2.45, 2.75) is 39.0 Å². The molecule has 1 heterocycles. The molecule has 7 heteroatoms. The Morgan fingerprint density at radius 3 is 2.68 bits per heavy atom. The highest BCUT2D eigenvalue weighted by Gasteiger charge is 2.32. The zero-order valence-electron chi connectivity index (χ0n) is 11.0. The SMILES string of the molecule is CC(C)OCCCCNc1nccc(C(F)(F)F)n1. The van der Waals surface area contributed by atoms with Crippen LogP contribution in [0.3, 0.4) is 0 Å². The fourth-order valence-corrected chi connectivity index (χ4v) is 1.35. The van der Waals surface area contributed by atoms with Crippen molar-refractivity contribution in [3.05, 3.63) is 18.0 Å². The molecule has 0 saturated carbocycles. The molecule has 4 nitrogen and oxygen atoms in total. The van der Waals surface area contributed by atoms with Crippen LogP contribution in [0.5, 0.6) is 0 Å². The van der Waals surface area contributed by atoms with Gasteiger partial charge in [-0.3, -0.25) is 0 Å². The Labute approximate surface area is 110 Å². The number of hydrogen-bond acceptors (Lipinski definition) is 4. The summed E-state index contributed by atoms with van der Waals surface area (Å²) < 4.78 is 42.5. The van der Waals surface area contributed by atoms with Crippen molar-refractivity contribution in [3.8, 4) is 0 Å². The van der Waals surface area contributed by atoms with Crippen LogP contribution in [0.4, 0.5) is 19.1 Å². The Morgan fingerprint density at radius 2 is 2.05 bits per heavy atom. The van der Waals surface area contributed by atoms with Crippen LogP contribution in [0.1, 0.15) is 32.4 Å². The molecule has 0 aliphatic carbocycles. The van der Waals surface area contributed by atoms with Crippen LogP contribution in [0.2, 0.25) is 0 Å². The lowest BCUT2D eigenvalue weighted by molar-refractivity contribution is -0.141. The molecule has 0 bridgehead atoms. The molecular weight excluding hydrogens is 259 g/mol. The van der Waals surface area contributed by atoms with E-state index in [0.29, 0.717) is 13.2 Å². The molecule has 0 aliphatic rings. The number of unbranched alkanes of at least 4 members (excludes halogenated alkanes) is 1. The smallest absolute Gasteiger partial charge is 0.379 e. The van der Waals surface area contributed by atoms with Gasteiger partial charge in [-0.15, -0.1) is 0 Å². The van der Waals surface area contributed by atoms with E-state index in [0.717, 1.165) is 25.1 Å². The van der Waals surface area contributed by atoms with Crippen molar-refractivity contribution in [3.63, 3.8) is 0 Å². The maximum atomic E-state index is 12.4. The van der Waals surface area contributed by atoms with E-state index in [9.17, 15) is 13.2 Å². The van der Waals surface area contributed by atoms with Crippen LogP contribution in [0.25, 0.3) is 0 Å². The van der Waals surface area contributed by atoms with Gasteiger partial charge in [0.15, 0.2) is 0 Å². The predicted molar refractivity (Wildman–Crippen MR) is 65.8 cm³/mol. The molecule has 0 spiro atoms. The largest absolute Gasteiger partial charge is 0.433 e. The van der Waals surface area contributed by atoms with E-state index < -0.39 is 11.9 Å². The number of hydrogen-bond donors (Lipinski definition) is 1. The third-order valence-electron chi connectivity index (χ3n) is 2.25. The molecular formula is C12H18F3N3O. The lowest BCUT2D eigenvalue weighted by Gasteiger charge is -2.09. The van der Waals surface area contributed by atoms with Gasteiger partial charge in [0, 0.05) is 19.3 Å². The van der Waals surface area contributed by atoms with Crippen molar-refractivity contribution >= 4 is 5.95 Å². The van der Waals surface area contributed by atoms with E-state index in [1.807, 2.05) is 13.8 Å². The second kappa shape index (κ2) is 7.28. The van der Waals surface area contributed by atoms with Crippen LogP contribution in [0.15, 0.2) is 12.3 Å². The Kier molecular flexibility index (Phi) is 6.01. The van der Waals surface area contributed by atoms with Crippen molar-refractivity contribution in [1.29, 1.82) is 0 Å². The Morgan fingerprint density at radius 1 is 1.32 bits per heavy atom. The van der Waals surface area contributed by atoms with Gasteiger partial charge in [-0.1, -0.05) is 0 Å². The van der Waals surface area contributed by atoms with Crippen LogP contribution in [-0.4, -0.2) is 29.2 Å². The van der Waals surface area contributed by atoms with Crippen LogP contribution >= 0.6 is 0 Å². The fraction of sp³-hybridized carbons (Fsp3) is 0.667. The second-order valence-corrected chi connectivity index (χ2v) is 4.32. The zero-order chi connectivity index (χ0) is 14.3. The minimum atomic E-state index is -4.44. The summed E-state index contributed by atoms with van der Waals surface area (Å²) in [5.41, 5.74) is -0.937. The maximum Gasteiger partial charge on any atom is 0.433 e. The monoisotopic (exact) mass is 277 g/mol. The van der Waals surface area contributed by atoms with Gasteiger partial charge >= 0.3 is 6.18 Å². The molecule has 0 amide bonds. The highest BCUT2D eigenvalue weighted by molar-refractivity contribution is 5.25. The van der Waals surface area contributed by atoms with Gasteiger partial charge in [-0.05, 0) is 32.8 Å². The molecule has 1 aromatic heterocycles. The minimum Gasteiger partial charge on any atom is -0.379 e. The molecule has 19 heavy (non-hydrogen) atoms. The number of nitrogens with zero attached hydrogens (tertiary/aromatic N) is 2. The van der Waals surface area contributed by atoms with Crippen molar-refractivity contribution < 1.29 is 17.9 Å². The summed E-state index contributed by atoms with van der Waals surface area (Å²) in [6.45, 7) is 5.06. The summed E-state index contributed by atoms with van der Waals surface area (Å²) in [5.74, 6) is -0.000368. The molecule has 0 radical (unpaired) electrons. The van der Waals surface area contributed by atoms with Crippen LogP contribution < -0.4 is 5.32 Å². The third-order valence-corrected chi connectivity index (χ3v) is 2.25. The van der Waals surface area contributed by atoms with Gasteiger partial charge in [0.05, 0.1) is 6.10 Å². The zero-order valence-corrected chi connectivity index (χ0v) is 11.0. The number of ether oxygens (including phenoxy) is 1. The Balaban J connectivity index is 2.30. The number of nitrogens with one attached hydrogen (secondary N) is 1. The average molecular weight is 277 g/mol. The topological polar surface area (TPSA) is 47.0 Å². The molecule has 0 saturated heterocycles. The molecule has 1 aromatic rings. The minimum absolute atomic E-state index is 0.000368. The molecule has 0 atom stereocenters. The van der Waals surface area contributed by atoms with Crippen molar-refractivity contribution in [1.82, 2.24) is 9.97 Å². The van der Waals surface area contributed by atoms with Gasteiger partial charge in [0.1, 0.15) is 5.69 Å². The highest BCUT2D eigenvalue weighted by atomic mass is 19.4. The van der Waals surface area contributed by atoms with E-state index in [-0.39, 0.29) is 12.1 Å². The first-order chi connectivity index (χ1) is 8.89. The molecule has 0 unspecified atom stereocenters. The van der Waals surface area contributed by atoms with Crippen LogP contribution in [-0.2, 0) is 10.9 Å². The molecule has 108 valence electrons. The number of aromatic nitrogens is 2. The number of alkyl halides is 3. The number of anilines is 1. The quantitative estimate of drug-likeness (QED) is 0.778. The van der Waals surface area contributed by atoms with E-state index in [1.54, 1.807) is 0 Å². The first kappa shape index (κ1) is 15.7. The van der Waals surface area contributed by atoms with Crippen molar-refractivity contribution in [2.75, 3.05) is 18.5 Å². The highest BCUT2D eigenvalue weighted by Crippen LogP contribution is 2.27. The van der Waals surface area contributed by atoms with E-state index >= 15 is 0 Å².